The molecule has 0 saturated carbocycles. The zero-order valence-electron chi connectivity index (χ0n) is 14.5. The van der Waals surface area contributed by atoms with E-state index in [9.17, 15) is 4.39 Å². The average Bonchev–Trinajstić information content (AvgIpc) is 3.07. The van der Waals surface area contributed by atoms with Crippen molar-refractivity contribution in [1.29, 1.82) is 0 Å². The normalized spacial score (nSPS) is 16.5. The Hall–Kier alpha value is -1.98. The molecule has 1 aliphatic carbocycles. The standard InChI is InChI=1S/C21H21BrFN3/c22-17-9-10-19(23)16(11-17)12-24-20-7-4-8-21-18(20)13-25-26(21)14-15-5-2-1-3-6-15/h1-3,5-6,9-11,13,20,24H,4,7-8,12,14H2/t20-/m0/s1. The molecule has 4 rings (SSSR count). The molecule has 5 heteroatoms. The quantitative estimate of drug-likeness (QED) is 0.637. The molecule has 1 aromatic heterocycles. The molecular formula is C21H21BrFN3. The summed E-state index contributed by atoms with van der Waals surface area (Å²) in [6, 6.07) is 15.7. The number of hydrogen-bond donors (Lipinski definition) is 1. The summed E-state index contributed by atoms with van der Waals surface area (Å²) in [5.41, 5.74) is 4.49. The highest BCUT2D eigenvalue weighted by Gasteiger charge is 2.24. The smallest absolute Gasteiger partial charge is 0.127 e. The van der Waals surface area contributed by atoms with Crippen LogP contribution in [0, 0.1) is 5.82 Å². The van der Waals surface area contributed by atoms with Crippen molar-refractivity contribution in [3.8, 4) is 0 Å². The number of nitrogens with one attached hydrogen (secondary N) is 1. The lowest BCUT2D eigenvalue weighted by molar-refractivity contribution is 0.444. The first-order valence-corrected chi connectivity index (χ1v) is 9.76. The third kappa shape index (κ3) is 3.74. The van der Waals surface area contributed by atoms with Gasteiger partial charge in [-0.15, -0.1) is 0 Å². The van der Waals surface area contributed by atoms with Gasteiger partial charge in [-0.3, -0.25) is 4.68 Å². The zero-order chi connectivity index (χ0) is 17.9. The number of aromatic nitrogens is 2. The largest absolute Gasteiger partial charge is 0.306 e. The fourth-order valence-electron chi connectivity index (χ4n) is 3.64. The van der Waals surface area contributed by atoms with Crippen molar-refractivity contribution >= 4 is 15.9 Å². The van der Waals surface area contributed by atoms with Crippen molar-refractivity contribution in [2.24, 2.45) is 0 Å². The summed E-state index contributed by atoms with van der Waals surface area (Å²) >= 11 is 3.42. The van der Waals surface area contributed by atoms with E-state index in [-0.39, 0.29) is 11.9 Å². The highest BCUT2D eigenvalue weighted by molar-refractivity contribution is 9.10. The molecule has 26 heavy (non-hydrogen) atoms. The Morgan fingerprint density at radius 2 is 2.04 bits per heavy atom. The van der Waals surface area contributed by atoms with Gasteiger partial charge in [0.25, 0.3) is 0 Å². The molecule has 3 aromatic rings. The molecule has 1 heterocycles. The van der Waals surface area contributed by atoms with E-state index in [1.165, 1.54) is 22.9 Å². The van der Waals surface area contributed by atoms with Gasteiger partial charge < -0.3 is 5.32 Å². The second-order valence-electron chi connectivity index (χ2n) is 6.75. The molecule has 0 bridgehead atoms. The SMILES string of the molecule is Fc1ccc(Br)cc1CN[C@H]1CCCc2c1cnn2Cc1ccccc1. The minimum absolute atomic E-state index is 0.170. The number of rotatable bonds is 5. The van der Waals surface area contributed by atoms with Crippen molar-refractivity contribution in [3.63, 3.8) is 0 Å². The Kier molecular flexibility index (Phi) is 5.18. The van der Waals surface area contributed by atoms with Crippen LogP contribution in [0.2, 0.25) is 0 Å². The number of halogens is 2. The molecule has 0 unspecified atom stereocenters. The van der Waals surface area contributed by atoms with Crippen LogP contribution in [0.4, 0.5) is 4.39 Å². The maximum atomic E-state index is 14.0. The summed E-state index contributed by atoms with van der Waals surface area (Å²) in [5.74, 6) is -0.170. The van der Waals surface area contributed by atoms with Crippen LogP contribution in [-0.2, 0) is 19.5 Å². The Morgan fingerprint density at radius 1 is 1.19 bits per heavy atom. The van der Waals surface area contributed by atoms with E-state index < -0.39 is 0 Å². The molecule has 0 saturated heterocycles. The van der Waals surface area contributed by atoms with E-state index in [4.69, 9.17) is 0 Å². The second kappa shape index (κ2) is 7.72. The Morgan fingerprint density at radius 3 is 2.88 bits per heavy atom. The summed E-state index contributed by atoms with van der Waals surface area (Å²) < 4.78 is 17.0. The highest BCUT2D eigenvalue weighted by Crippen LogP contribution is 2.30. The summed E-state index contributed by atoms with van der Waals surface area (Å²) in [6.07, 6.45) is 5.20. The van der Waals surface area contributed by atoms with Crippen molar-refractivity contribution in [2.45, 2.75) is 38.4 Å². The molecule has 1 atom stereocenters. The average molecular weight is 414 g/mol. The molecular weight excluding hydrogens is 393 g/mol. The Bertz CT molecular complexity index is 892. The van der Waals surface area contributed by atoms with E-state index in [1.807, 2.05) is 18.3 Å². The third-order valence-corrected chi connectivity index (χ3v) is 5.48. The van der Waals surface area contributed by atoms with Crippen LogP contribution in [0.3, 0.4) is 0 Å². The Balaban J connectivity index is 1.50. The lowest BCUT2D eigenvalue weighted by Crippen LogP contribution is -2.25. The maximum Gasteiger partial charge on any atom is 0.127 e. The van der Waals surface area contributed by atoms with E-state index in [2.05, 4.69) is 55.3 Å². The lowest BCUT2D eigenvalue weighted by Gasteiger charge is -2.24. The monoisotopic (exact) mass is 413 g/mol. The van der Waals surface area contributed by atoms with Gasteiger partial charge in [-0.1, -0.05) is 46.3 Å². The number of fused-ring (bicyclic) bond motifs is 1. The lowest BCUT2D eigenvalue weighted by atomic mass is 9.92. The van der Waals surface area contributed by atoms with Crippen molar-refractivity contribution < 1.29 is 4.39 Å². The van der Waals surface area contributed by atoms with Crippen molar-refractivity contribution in [3.05, 3.63) is 87.4 Å². The summed E-state index contributed by atoms with van der Waals surface area (Å²) in [5, 5.41) is 8.15. The molecule has 0 radical (unpaired) electrons. The number of benzene rings is 2. The topological polar surface area (TPSA) is 29.9 Å². The van der Waals surface area contributed by atoms with Crippen molar-refractivity contribution in [1.82, 2.24) is 15.1 Å². The van der Waals surface area contributed by atoms with Gasteiger partial charge in [0.2, 0.25) is 0 Å². The number of nitrogens with zero attached hydrogens (tertiary/aromatic N) is 2. The van der Waals surface area contributed by atoms with Crippen LogP contribution in [0.5, 0.6) is 0 Å². The zero-order valence-corrected chi connectivity index (χ0v) is 16.0. The Labute approximate surface area is 161 Å². The highest BCUT2D eigenvalue weighted by atomic mass is 79.9. The summed E-state index contributed by atoms with van der Waals surface area (Å²) in [7, 11) is 0. The molecule has 0 spiro atoms. The van der Waals surface area contributed by atoms with Crippen LogP contribution >= 0.6 is 15.9 Å². The predicted molar refractivity (Wildman–Crippen MR) is 104 cm³/mol. The third-order valence-electron chi connectivity index (χ3n) is 4.98. The molecule has 1 aliphatic rings. The van der Waals surface area contributed by atoms with Gasteiger partial charge in [-0.2, -0.15) is 5.10 Å². The van der Waals surface area contributed by atoms with Crippen LogP contribution in [0.15, 0.2) is 59.2 Å². The van der Waals surface area contributed by atoms with Crippen LogP contribution in [0.1, 0.15) is 41.3 Å². The van der Waals surface area contributed by atoms with Crippen LogP contribution in [0.25, 0.3) is 0 Å². The fourth-order valence-corrected chi connectivity index (χ4v) is 4.04. The van der Waals surface area contributed by atoms with Gasteiger partial charge in [0, 0.05) is 33.9 Å². The van der Waals surface area contributed by atoms with Crippen LogP contribution in [-0.4, -0.2) is 9.78 Å². The fraction of sp³-hybridized carbons (Fsp3) is 0.286. The first kappa shape index (κ1) is 17.4. The molecule has 134 valence electrons. The van der Waals surface area contributed by atoms with E-state index in [1.54, 1.807) is 6.07 Å². The molecule has 0 aliphatic heterocycles. The van der Waals surface area contributed by atoms with Crippen LogP contribution < -0.4 is 5.32 Å². The maximum absolute atomic E-state index is 14.0. The summed E-state index contributed by atoms with van der Waals surface area (Å²) in [4.78, 5) is 0. The molecule has 0 amide bonds. The molecule has 1 N–H and O–H groups in total. The minimum Gasteiger partial charge on any atom is -0.306 e. The first-order chi connectivity index (χ1) is 12.7. The van der Waals surface area contributed by atoms with E-state index in [0.29, 0.717) is 12.1 Å². The van der Waals surface area contributed by atoms with E-state index in [0.717, 1.165) is 30.3 Å². The predicted octanol–water partition coefficient (Wildman–Crippen LogP) is 5.00. The second-order valence-corrected chi connectivity index (χ2v) is 7.67. The summed E-state index contributed by atoms with van der Waals surface area (Å²) in [6.45, 7) is 1.31. The van der Waals surface area contributed by atoms with Gasteiger partial charge in [0.15, 0.2) is 0 Å². The van der Waals surface area contributed by atoms with Gasteiger partial charge in [0.05, 0.1) is 12.7 Å². The molecule has 3 nitrogen and oxygen atoms in total. The molecule has 0 fully saturated rings. The minimum atomic E-state index is -0.170. The number of hydrogen-bond acceptors (Lipinski definition) is 2. The van der Waals surface area contributed by atoms with Gasteiger partial charge in [-0.25, -0.2) is 4.39 Å². The van der Waals surface area contributed by atoms with Gasteiger partial charge in [-0.05, 0) is 43.0 Å². The molecule has 2 aromatic carbocycles. The van der Waals surface area contributed by atoms with Gasteiger partial charge in [0.1, 0.15) is 5.82 Å². The van der Waals surface area contributed by atoms with Gasteiger partial charge >= 0.3 is 0 Å². The first-order valence-electron chi connectivity index (χ1n) is 8.96. The van der Waals surface area contributed by atoms with Crippen molar-refractivity contribution in [2.75, 3.05) is 0 Å². The van der Waals surface area contributed by atoms with E-state index >= 15 is 0 Å².